The molecule has 0 unspecified atom stereocenters. The molecule has 2 atom stereocenters. The van der Waals surface area contributed by atoms with Crippen molar-refractivity contribution >= 4 is 39.7 Å². The Morgan fingerprint density at radius 2 is 2.14 bits per heavy atom. The maximum Gasteiger partial charge on any atom is 0.249 e. The standard InChI is InChI=1S/C13H21N3O3S2.ClH/c1-15-21(18,19)13-6-5-10(20-13)8-16-12(17)7-9-3-2-4-11(9)14;/h5-6,9,11,15H,2-4,7-8,14H2,1H3,(H,16,17);1H/t9-,11+;/m0./s1. The third-order valence-corrected chi connectivity index (χ3v) is 6.79. The molecule has 4 N–H and O–H groups in total. The highest BCUT2D eigenvalue weighted by Crippen LogP contribution is 2.26. The quantitative estimate of drug-likeness (QED) is 0.703. The van der Waals surface area contributed by atoms with Gasteiger partial charge in [-0.25, -0.2) is 13.1 Å². The van der Waals surface area contributed by atoms with Gasteiger partial charge in [0.1, 0.15) is 4.21 Å². The second-order valence-electron chi connectivity index (χ2n) is 5.26. The average Bonchev–Trinajstić information content (AvgIpc) is 3.07. The molecule has 1 heterocycles. The molecule has 0 aliphatic heterocycles. The van der Waals surface area contributed by atoms with E-state index in [2.05, 4.69) is 10.0 Å². The van der Waals surface area contributed by atoms with Crippen LogP contribution in [0.3, 0.4) is 0 Å². The maximum absolute atomic E-state index is 11.9. The van der Waals surface area contributed by atoms with Crippen molar-refractivity contribution in [1.29, 1.82) is 0 Å². The van der Waals surface area contributed by atoms with E-state index in [4.69, 9.17) is 5.73 Å². The van der Waals surface area contributed by atoms with E-state index >= 15 is 0 Å². The van der Waals surface area contributed by atoms with E-state index in [9.17, 15) is 13.2 Å². The number of halogens is 1. The molecule has 1 saturated carbocycles. The predicted octanol–water partition coefficient (Wildman–Crippen LogP) is 1.21. The summed E-state index contributed by atoms with van der Waals surface area (Å²) in [5.74, 6) is 0.248. The van der Waals surface area contributed by atoms with Crippen molar-refractivity contribution in [3.8, 4) is 0 Å². The summed E-state index contributed by atoms with van der Waals surface area (Å²) in [6, 6.07) is 3.39. The molecule has 0 radical (unpaired) electrons. The van der Waals surface area contributed by atoms with Gasteiger partial charge in [-0.1, -0.05) is 6.42 Å². The number of hydrogen-bond acceptors (Lipinski definition) is 5. The third kappa shape index (κ3) is 4.92. The summed E-state index contributed by atoms with van der Waals surface area (Å²) in [6.45, 7) is 0.352. The van der Waals surface area contributed by atoms with E-state index in [1.165, 1.54) is 7.05 Å². The van der Waals surface area contributed by atoms with Crippen molar-refractivity contribution in [1.82, 2.24) is 10.0 Å². The van der Waals surface area contributed by atoms with Gasteiger partial charge in [-0.05, 0) is 37.9 Å². The molecule has 0 spiro atoms. The van der Waals surface area contributed by atoms with Gasteiger partial charge in [-0.15, -0.1) is 23.7 Å². The van der Waals surface area contributed by atoms with E-state index in [0.29, 0.717) is 13.0 Å². The van der Waals surface area contributed by atoms with Crippen molar-refractivity contribution in [3.05, 3.63) is 17.0 Å². The second kappa shape index (κ2) is 8.26. The molecule has 1 amide bonds. The Kier molecular flexibility index (Phi) is 7.27. The minimum atomic E-state index is -3.40. The van der Waals surface area contributed by atoms with Crippen LogP contribution < -0.4 is 15.8 Å². The van der Waals surface area contributed by atoms with E-state index < -0.39 is 10.0 Å². The van der Waals surface area contributed by atoms with Crippen LogP contribution >= 0.6 is 23.7 Å². The van der Waals surface area contributed by atoms with Crippen LogP contribution in [0.15, 0.2) is 16.3 Å². The van der Waals surface area contributed by atoms with Crippen LogP contribution in [-0.4, -0.2) is 27.4 Å². The van der Waals surface area contributed by atoms with Gasteiger partial charge in [0, 0.05) is 17.3 Å². The Morgan fingerprint density at radius 1 is 1.41 bits per heavy atom. The number of rotatable bonds is 6. The number of nitrogens with one attached hydrogen (secondary N) is 2. The molecule has 1 aliphatic rings. The molecular formula is C13H22ClN3O3S2. The number of thiophene rings is 1. The molecule has 1 aromatic heterocycles. The highest BCUT2D eigenvalue weighted by Gasteiger charge is 2.26. The van der Waals surface area contributed by atoms with Gasteiger partial charge < -0.3 is 11.1 Å². The first-order valence-corrected chi connectivity index (χ1v) is 9.27. The Labute approximate surface area is 141 Å². The molecule has 1 fully saturated rings. The molecule has 126 valence electrons. The SMILES string of the molecule is CNS(=O)(=O)c1ccc(CNC(=O)C[C@@H]2CCC[C@H]2N)s1.Cl. The monoisotopic (exact) mass is 367 g/mol. The lowest BCUT2D eigenvalue weighted by molar-refractivity contribution is -0.122. The molecule has 0 bridgehead atoms. The molecule has 6 nitrogen and oxygen atoms in total. The first-order chi connectivity index (χ1) is 9.92. The molecule has 2 rings (SSSR count). The Balaban J connectivity index is 0.00000242. The third-order valence-electron chi connectivity index (χ3n) is 3.80. The van der Waals surface area contributed by atoms with Crippen molar-refractivity contribution in [2.24, 2.45) is 11.7 Å². The van der Waals surface area contributed by atoms with E-state index in [0.717, 1.165) is 35.5 Å². The minimum Gasteiger partial charge on any atom is -0.351 e. The van der Waals surface area contributed by atoms with Crippen LogP contribution in [0.1, 0.15) is 30.6 Å². The topological polar surface area (TPSA) is 101 Å². The van der Waals surface area contributed by atoms with Crippen molar-refractivity contribution in [3.63, 3.8) is 0 Å². The summed E-state index contributed by atoms with van der Waals surface area (Å²) in [6.07, 6.45) is 3.55. The zero-order valence-electron chi connectivity index (χ0n) is 12.4. The van der Waals surface area contributed by atoms with E-state index in [1.54, 1.807) is 12.1 Å². The second-order valence-corrected chi connectivity index (χ2v) is 8.55. The summed E-state index contributed by atoms with van der Waals surface area (Å²) >= 11 is 1.16. The van der Waals surface area contributed by atoms with Crippen LogP contribution in [0.25, 0.3) is 0 Å². The molecule has 1 aromatic rings. The first-order valence-electron chi connectivity index (χ1n) is 6.97. The van der Waals surface area contributed by atoms with Gasteiger partial charge in [0.2, 0.25) is 15.9 Å². The minimum absolute atomic E-state index is 0. The summed E-state index contributed by atoms with van der Waals surface area (Å²) in [5, 5.41) is 2.83. The van der Waals surface area contributed by atoms with Gasteiger partial charge in [0.05, 0.1) is 6.54 Å². The summed E-state index contributed by atoms with van der Waals surface area (Å²) < 4.78 is 25.8. The molecule has 22 heavy (non-hydrogen) atoms. The molecule has 9 heteroatoms. The largest absolute Gasteiger partial charge is 0.351 e. The van der Waals surface area contributed by atoms with Gasteiger partial charge in [0.15, 0.2) is 0 Å². The number of sulfonamides is 1. The summed E-state index contributed by atoms with van der Waals surface area (Å²) in [4.78, 5) is 12.7. The fourth-order valence-electron chi connectivity index (χ4n) is 2.51. The lowest BCUT2D eigenvalue weighted by atomic mass is 10.00. The van der Waals surface area contributed by atoms with Gasteiger partial charge in [-0.2, -0.15) is 0 Å². The summed E-state index contributed by atoms with van der Waals surface area (Å²) in [5.41, 5.74) is 5.95. The van der Waals surface area contributed by atoms with Gasteiger partial charge in [0.25, 0.3) is 0 Å². The number of hydrogen-bond donors (Lipinski definition) is 3. The fourth-order valence-corrected chi connectivity index (χ4v) is 4.65. The van der Waals surface area contributed by atoms with Crippen molar-refractivity contribution < 1.29 is 13.2 Å². The van der Waals surface area contributed by atoms with Crippen LogP contribution in [0.5, 0.6) is 0 Å². The van der Waals surface area contributed by atoms with Crippen molar-refractivity contribution in [2.45, 2.75) is 42.5 Å². The number of carbonyl (C=O) groups is 1. The zero-order chi connectivity index (χ0) is 15.5. The average molecular weight is 368 g/mol. The molecular weight excluding hydrogens is 346 g/mol. The van der Waals surface area contributed by atoms with Crippen LogP contribution in [0.2, 0.25) is 0 Å². The maximum atomic E-state index is 11.9. The number of amides is 1. The van der Waals surface area contributed by atoms with Gasteiger partial charge in [-0.3, -0.25) is 4.79 Å². The van der Waals surface area contributed by atoms with E-state index in [1.807, 2.05) is 0 Å². The molecule has 1 aliphatic carbocycles. The summed E-state index contributed by atoms with van der Waals surface area (Å²) in [7, 11) is -2.03. The normalized spacial score (nSPS) is 21.4. The Morgan fingerprint density at radius 3 is 2.73 bits per heavy atom. The highest BCUT2D eigenvalue weighted by atomic mass is 35.5. The van der Waals surface area contributed by atoms with Crippen molar-refractivity contribution in [2.75, 3.05) is 7.05 Å². The van der Waals surface area contributed by atoms with Gasteiger partial charge >= 0.3 is 0 Å². The zero-order valence-corrected chi connectivity index (χ0v) is 14.8. The fraction of sp³-hybridized carbons (Fsp3) is 0.615. The predicted molar refractivity (Wildman–Crippen MR) is 89.6 cm³/mol. The molecule has 0 aromatic carbocycles. The number of nitrogens with two attached hydrogens (primary N) is 1. The molecule has 0 saturated heterocycles. The lowest BCUT2D eigenvalue weighted by Gasteiger charge is -2.14. The van der Waals surface area contributed by atoms with Crippen LogP contribution in [0.4, 0.5) is 0 Å². The first kappa shape index (κ1) is 19.4. The highest BCUT2D eigenvalue weighted by molar-refractivity contribution is 7.91. The van der Waals surface area contributed by atoms with E-state index in [-0.39, 0.29) is 34.5 Å². The Hall–Kier alpha value is -0.670. The van der Waals surface area contributed by atoms with Crippen LogP contribution in [0, 0.1) is 5.92 Å². The Bertz CT molecular complexity index is 603. The lowest BCUT2D eigenvalue weighted by Crippen LogP contribution is -2.31. The number of carbonyl (C=O) groups excluding carboxylic acids is 1. The van der Waals surface area contributed by atoms with Crippen LogP contribution in [-0.2, 0) is 21.4 Å². The smallest absolute Gasteiger partial charge is 0.249 e.